The lowest BCUT2D eigenvalue weighted by Crippen LogP contribution is -2.31. The second-order valence-corrected chi connectivity index (χ2v) is 5.75. The largest absolute Gasteiger partial charge is 0.484 e. The summed E-state index contributed by atoms with van der Waals surface area (Å²) < 4.78 is 5.37. The first kappa shape index (κ1) is 17.3. The van der Waals surface area contributed by atoms with Gasteiger partial charge in [0.2, 0.25) is 0 Å². The highest BCUT2D eigenvalue weighted by Crippen LogP contribution is 2.25. The minimum atomic E-state index is -0.261. The molecule has 0 saturated carbocycles. The molecule has 1 atom stereocenters. The molecule has 0 saturated heterocycles. The number of ether oxygens (including phenoxy) is 1. The van der Waals surface area contributed by atoms with Crippen LogP contribution in [0, 0.1) is 0 Å². The number of rotatable bonds is 6. The zero-order valence-electron chi connectivity index (χ0n) is 12.4. The number of aldehydes is 1. The van der Waals surface area contributed by atoms with Gasteiger partial charge < -0.3 is 10.1 Å². The summed E-state index contributed by atoms with van der Waals surface area (Å²) in [5.41, 5.74) is 1.40. The van der Waals surface area contributed by atoms with E-state index < -0.39 is 0 Å². The number of benzene rings is 2. The molecule has 0 aliphatic heterocycles. The molecule has 23 heavy (non-hydrogen) atoms. The Morgan fingerprint density at radius 3 is 2.48 bits per heavy atom. The monoisotopic (exact) mass is 351 g/mol. The molecule has 6 heteroatoms. The number of amides is 1. The quantitative estimate of drug-likeness (QED) is 0.798. The van der Waals surface area contributed by atoms with Crippen LogP contribution in [-0.2, 0) is 4.79 Å². The van der Waals surface area contributed by atoms with E-state index in [1.54, 1.807) is 42.5 Å². The Morgan fingerprint density at radius 1 is 1.17 bits per heavy atom. The van der Waals surface area contributed by atoms with Crippen LogP contribution in [0.15, 0.2) is 42.5 Å². The summed E-state index contributed by atoms with van der Waals surface area (Å²) in [6, 6.07) is 11.5. The van der Waals surface area contributed by atoms with Gasteiger partial charge in [-0.1, -0.05) is 29.3 Å². The summed E-state index contributed by atoms with van der Waals surface area (Å²) in [7, 11) is 0. The van der Waals surface area contributed by atoms with E-state index in [-0.39, 0.29) is 18.6 Å². The maximum Gasteiger partial charge on any atom is 0.258 e. The van der Waals surface area contributed by atoms with Gasteiger partial charge in [-0.3, -0.25) is 9.59 Å². The normalized spacial score (nSPS) is 11.6. The number of halogens is 2. The fraction of sp³-hybridized carbons (Fsp3) is 0.176. The summed E-state index contributed by atoms with van der Waals surface area (Å²) in [4.78, 5) is 22.5. The van der Waals surface area contributed by atoms with Crippen LogP contribution < -0.4 is 10.1 Å². The average molecular weight is 352 g/mol. The van der Waals surface area contributed by atoms with E-state index in [0.29, 0.717) is 21.4 Å². The number of nitrogens with one attached hydrogen (secondary N) is 1. The fourth-order valence-electron chi connectivity index (χ4n) is 1.94. The standard InChI is InChI=1S/C17H15Cl2NO3/c1-11(13-4-7-15(18)16(19)8-13)20-17(22)10-23-14-5-2-12(9-21)3-6-14/h2-9,11H,10H2,1H3,(H,20,22). The van der Waals surface area contributed by atoms with Gasteiger partial charge in [0.05, 0.1) is 16.1 Å². The molecule has 0 bridgehead atoms. The number of hydrogen-bond acceptors (Lipinski definition) is 3. The molecule has 0 spiro atoms. The predicted molar refractivity (Wildman–Crippen MR) is 90.3 cm³/mol. The van der Waals surface area contributed by atoms with Crippen LogP contribution in [0.4, 0.5) is 0 Å². The topological polar surface area (TPSA) is 55.4 Å². The highest BCUT2D eigenvalue weighted by atomic mass is 35.5. The third-order valence-electron chi connectivity index (χ3n) is 3.21. The van der Waals surface area contributed by atoms with Crippen molar-refractivity contribution in [2.45, 2.75) is 13.0 Å². The maximum absolute atomic E-state index is 11.9. The Hall–Kier alpha value is -2.04. The summed E-state index contributed by atoms with van der Waals surface area (Å²) in [5, 5.41) is 3.72. The van der Waals surface area contributed by atoms with Crippen LogP contribution in [0.25, 0.3) is 0 Å². The van der Waals surface area contributed by atoms with E-state index in [4.69, 9.17) is 27.9 Å². The molecule has 2 aromatic rings. The number of carbonyl (C=O) groups is 2. The van der Waals surface area contributed by atoms with Crippen molar-refractivity contribution in [2.75, 3.05) is 6.61 Å². The van der Waals surface area contributed by atoms with Gasteiger partial charge in [-0.2, -0.15) is 0 Å². The first-order valence-electron chi connectivity index (χ1n) is 6.92. The molecule has 4 nitrogen and oxygen atoms in total. The van der Waals surface area contributed by atoms with Crippen LogP contribution in [0.3, 0.4) is 0 Å². The smallest absolute Gasteiger partial charge is 0.258 e. The summed E-state index contributed by atoms with van der Waals surface area (Å²) in [5.74, 6) is 0.260. The van der Waals surface area contributed by atoms with Crippen molar-refractivity contribution in [1.29, 1.82) is 0 Å². The molecule has 0 aliphatic carbocycles. The van der Waals surface area contributed by atoms with Crippen LogP contribution in [0.5, 0.6) is 5.75 Å². The third-order valence-corrected chi connectivity index (χ3v) is 3.95. The van der Waals surface area contributed by atoms with Crippen molar-refractivity contribution in [3.8, 4) is 5.75 Å². The highest BCUT2D eigenvalue weighted by Gasteiger charge is 2.11. The maximum atomic E-state index is 11.9. The van der Waals surface area contributed by atoms with Gasteiger partial charge in [-0.25, -0.2) is 0 Å². The number of carbonyl (C=O) groups excluding carboxylic acids is 2. The third kappa shape index (κ3) is 4.98. The van der Waals surface area contributed by atoms with E-state index >= 15 is 0 Å². The van der Waals surface area contributed by atoms with Crippen LogP contribution in [0.1, 0.15) is 28.9 Å². The molecule has 0 aliphatic rings. The molecule has 1 unspecified atom stereocenters. The minimum absolute atomic E-state index is 0.119. The SMILES string of the molecule is CC(NC(=O)COc1ccc(C=O)cc1)c1ccc(Cl)c(Cl)c1. The lowest BCUT2D eigenvalue weighted by atomic mass is 10.1. The van der Waals surface area contributed by atoms with Crippen LogP contribution >= 0.6 is 23.2 Å². The summed E-state index contributed by atoms with van der Waals surface area (Å²) in [6.45, 7) is 1.72. The molecule has 1 amide bonds. The molecule has 0 radical (unpaired) electrons. The molecule has 2 aromatic carbocycles. The van der Waals surface area contributed by atoms with E-state index in [0.717, 1.165) is 11.8 Å². The molecule has 120 valence electrons. The minimum Gasteiger partial charge on any atom is -0.484 e. The summed E-state index contributed by atoms with van der Waals surface area (Å²) >= 11 is 11.8. The van der Waals surface area contributed by atoms with Crippen molar-refractivity contribution in [1.82, 2.24) is 5.32 Å². The van der Waals surface area contributed by atoms with Crippen molar-refractivity contribution in [3.63, 3.8) is 0 Å². The average Bonchev–Trinajstić information content (AvgIpc) is 2.55. The lowest BCUT2D eigenvalue weighted by Gasteiger charge is -2.15. The molecule has 0 fully saturated rings. The van der Waals surface area contributed by atoms with Gasteiger partial charge in [0.15, 0.2) is 6.61 Å². The lowest BCUT2D eigenvalue weighted by molar-refractivity contribution is -0.123. The fourth-order valence-corrected chi connectivity index (χ4v) is 2.25. The van der Waals surface area contributed by atoms with Crippen molar-refractivity contribution in [2.24, 2.45) is 0 Å². The summed E-state index contributed by atoms with van der Waals surface area (Å²) in [6.07, 6.45) is 0.745. The molecular formula is C17H15Cl2NO3. The van der Waals surface area contributed by atoms with Crippen molar-refractivity contribution < 1.29 is 14.3 Å². The van der Waals surface area contributed by atoms with Crippen LogP contribution in [0.2, 0.25) is 10.0 Å². The Morgan fingerprint density at radius 2 is 1.87 bits per heavy atom. The Balaban J connectivity index is 1.88. The van der Waals surface area contributed by atoms with Crippen molar-refractivity contribution >= 4 is 35.4 Å². The Kier molecular flexibility index (Phi) is 6.02. The second kappa shape index (κ2) is 7.99. The molecule has 0 heterocycles. The zero-order chi connectivity index (χ0) is 16.8. The van der Waals surface area contributed by atoms with Gasteiger partial charge in [-0.05, 0) is 48.9 Å². The molecule has 0 aromatic heterocycles. The second-order valence-electron chi connectivity index (χ2n) is 4.94. The first-order valence-corrected chi connectivity index (χ1v) is 7.67. The zero-order valence-corrected chi connectivity index (χ0v) is 13.9. The van der Waals surface area contributed by atoms with Crippen molar-refractivity contribution in [3.05, 3.63) is 63.6 Å². The Labute approximate surface area is 144 Å². The van der Waals surface area contributed by atoms with E-state index in [1.807, 2.05) is 6.92 Å². The molecule has 2 rings (SSSR count). The van der Waals surface area contributed by atoms with Gasteiger partial charge in [-0.15, -0.1) is 0 Å². The van der Waals surface area contributed by atoms with Gasteiger partial charge >= 0.3 is 0 Å². The predicted octanol–water partition coefficient (Wildman–Crippen LogP) is 4.06. The molecule has 1 N–H and O–H groups in total. The van der Waals surface area contributed by atoms with E-state index in [9.17, 15) is 9.59 Å². The highest BCUT2D eigenvalue weighted by molar-refractivity contribution is 6.42. The molecular weight excluding hydrogens is 337 g/mol. The Bertz CT molecular complexity index is 701. The first-order chi connectivity index (χ1) is 11.0. The van der Waals surface area contributed by atoms with Gasteiger partial charge in [0, 0.05) is 5.56 Å². The van der Waals surface area contributed by atoms with E-state index in [2.05, 4.69) is 5.32 Å². The number of hydrogen-bond donors (Lipinski definition) is 1. The van der Waals surface area contributed by atoms with E-state index in [1.165, 1.54) is 0 Å². The van der Waals surface area contributed by atoms with Crippen LogP contribution in [-0.4, -0.2) is 18.8 Å². The van der Waals surface area contributed by atoms with Gasteiger partial charge in [0.1, 0.15) is 12.0 Å². The van der Waals surface area contributed by atoms with Gasteiger partial charge in [0.25, 0.3) is 5.91 Å².